The van der Waals surface area contributed by atoms with E-state index in [4.69, 9.17) is 0 Å². The fourth-order valence-corrected chi connectivity index (χ4v) is 1.43. The van der Waals surface area contributed by atoms with Crippen LogP contribution in [0.4, 0.5) is 13.2 Å². The van der Waals surface area contributed by atoms with Crippen LogP contribution in [-0.4, -0.2) is 10.2 Å². The van der Waals surface area contributed by atoms with E-state index in [0.717, 1.165) is 21.9 Å². The third kappa shape index (κ3) is 2.59. The van der Waals surface area contributed by atoms with E-state index in [1.165, 1.54) is 12.1 Å². The highest BCUT2D eigenvalue weighted by atomic mass is 28.1. The molecule has 1 unspecified atom stereocenters. The zero-order valence-corrected chi connectivity index (χ0v) is 9.52. The number of hydrogen-bond acceptors (Lipinski definition) is 0. The Bertz CT molecular complexity index is 291. The maximum absolute atomic E-state index is 12.2. The molecule has 1 aromatic carbocycles. The second-order valence-electron chi connectivity index (χ2n) is 3.28. The zero-order valence-electron chi connectivity index (χ0n) is 7.52. The van der Waals surface area contributed by atoms with E-state index in [-0.39, 0.29) is 5.54 Å². The van der Waals surface area contributed by atoms with Gasteiger partial charge in [-0.2, -0.15) is 13.2 Å². The highest BCUT2D eigenvalue weighted by Crippen LogP contribution is 2.30. The van der Waals surface area contributed by atoms with Crippen molar-refractivity contribution in [2.75, 3.05) is 0 Å². The Labute approximate surface area is 78.2 Å². The van der Waals surface area contributed by atoms with E-state index in [2.05, 4.69) is 0 Å². The second kappa shape index (κ2) is 3.53. The van der Waals surface area contributed by atoms with Gasteiger partial charge in [0.05, 0.1) is 5.56 Å². The molecule has 0 fully saturated rings. The average Bonchev–Trinajstić information content (AvgIpc) is 2.03. The normalized spacial score (nSPS) is 14.5. The quantitative estimate of drug-likeness (QED) is 0.615. The highest BCUT2D eigenvalue weighted by Gasteiger charge is 2.30. The Morgan fingerprint density at radius 1 is 1.31 bits per heavy atom. The van der Waals surface area contributed by atoms with Crippen LogP contribution >= 0.6 is 0 Å². The molecule has 4 heteroatoms. The fraction of sp³-hybridized carbons (Fsp3) is 0.333. The van der Waals surface area contributed by atoms with Gasteiger partial charge < -0.3 is 0 Å². The van der Waals surface area contributed by atoms with Crippen molar-refractivity contribution < 1.29 is 13.2 Å². The molecule has 0 saturated carbocycles. The van der Waals surface area contributed by atoms with Crippen molar-refractivity contribution >= 4 is 10.2 Å². The summed E-state index contributed by atoms with van der Waals surface area (Å²) in [5, 5.41) is 0. The van der Waals surface area contributed by atoms with Crippen molar-refractivity contribution in [2.45, 2.75) is 18.6 Å². The Balaban J connectivity index is 3.06. The summed E-state index contributed by atoms with van der Waals surface area (Å²) in [7, 11) is 0.874. The first-order valence-electron chi connectivity index (χ1n) is 4.08. The highest BCUT2D eigenvalue weighted by molar-refractivity contribution is 6.12. The molecule has 0 N–H and O–H groups in total. The average molecular weight is 204 g/mol. The molecule has 0 bridgehead atoms. The Hall–Kier alpha value is -0.773. The molecule has 0 aliphatic heterocycles. The standard InChI is InChI=1S/C9H11F3Si/c1-6(13)7-3-2-4-8(5-7)9(10,11)12/h2-6H,1,13H3. The molecule has 0 nitrogen and oxygen atoms in total. The lowest BCUT2D eigenvalue weighted by Crippen LogP contribution is -2.06. The molecule has 0 aliphatic carbocycles. The van der Waals surface area contributed by atoms with Gasteiger partial charge in [-0.25, -0.2) is 0 Å². The van der Waals surface area contributed by atoms with Crippen molar-refractivity contribution in [2.24, 2.45) is 0 Å². The molecule has 1 atom stereocenters. The summed E-state index contributed by atoms with van der Waals surface area (Å²) >= 11 is 0. The van der Waals surface area contributed by atoms with E-state index in [0.29, 0.717) is 0 Å². The van der Waals surface area contributed by atoms with Gasteiger partial charge >= 0.3 is 6.18 Å². The van der Waals surface area contributed by atoms with Gasteiger partial charge in [-0.05, 0) is 17.2 Å². The zero-order chi connectivity index (χ0) is 10.1. The van der Waals surface area contributed by atoms with E-state index < -0.39 is 11.7 Å². The minimum atomic E-state index is -4.22. The minimum absolute atomic E-state index is 0.266. The number of halogens is 3. The Kier molecular flexibility index (Phi) is 2.80. The molecule has 0 spiro atoms. The first-order chi connectivity index (χ1) is 5.91. The maximum Gasteiger partial charge on any atom is 0.416 e. The van der Waals surface area contributed by atoms with Crippen molar-refractivity contribution in [3.63, 3.8) is 0 Å². The van der Waals surface area contributed by atoms with Crippen molar-refractivity contribution in [3.05, 3.63) is 35.4 Å². The number of hydrogen-bond donors (Lipinski definition) is 0. The summed E-state index contributed by atoms with van der Waals surface area (Å²) in [4.78, 5) is 0. The second-order valence-corrected chi connectivity index (χ2v) is 5.01. The third-order valence-corrected chi connectivity index (χ3v) is 2.55. The predicted molar refractivity (Wildman–Crippen MR) is 49.8 cm³/mol. The molecule has 0 radical (unpaired) electrons. The SMILES string of the molecule is CC([SiH3])c1cccc(C(F)(F)F)c1. The molecule has 1 aromatic rings. The largest absolute Gasteiger partial charge is 0.416 e. The topological polar surface area (TPSA) is 0 Å². The molecular formula is C9H11F3Si. The van der Waals surface area contributed by atoms with Gasteiger partial charge in [-0.3, -0.25) is 0 Å². The summed E-state index contributed by atoms with van der Waals surface area (Å²) in [5.41, 5.74) is 0.497. The van der Waals surface area contributed by atoms with Crippen LogP contribution in [0.3, 0.4) is 0 Å². The minimum Gasteiger partial charge on any atom is -0.166 e. The lowest BCUT2D eigenvalue weighted by atomic mass is 10.1. The molecular weight excluding hydrogens is 193 g/mol. The molecule has 0 aliphatic rings. The molecule has 72 valence electrons. The van der Waals surface area contributed by atoms with Crippen LogP contribution in [0, 0.1) is 0 Å². The van der Waals surface area contributed by atoms with Gasteiger partial charge in [0.1, 0.15) is 0 Å². The third-order valence-electron chi connectivity index (χ3n) is 1.88. The van der Waals surface area contributed by atoms with E-state index in [1.807, 2.05) is 6.92 Å². The van der Waals surface area contributed by atoms with E-state index in [1.54, 1.807) is 6.07 Å². The summed E-state index contributed by atoms with van der Waals surface area (Å²) in [5.74, 6) is 0. The van der Waals surface area contributed by atoms with Crippen molar-refractivity contribution in [3.8, 4) is 0 Å². The van der Waals surface area contributed by atoms with Crippen LogP contribution in [0.1, 0.15) is 23.6 Å². The van der Waals surface area contributed by atoms with Crippen LogP contribution < -0.4 is 0 Å². The monoisotopic (exact) mass is 204 g/mol. The lowest BCUT2D eigenvalue weighted by Gasteiger charge is -2.10. The molecule has 0 amide bonds. The van der Waals surface area contributed by atoms with Crippen molar-refractivity contribution in [1.29, 1.82) is 0 Å². The molecule has 0 aromatic heterocycles. The maximum atomic E-state index is 12.2. The summed E-state index contributed by atoms with van der Waals surface area (Å²) in [6.07, 6.45) is -4.22. The summed E-state index contributed by atoms with van der Waals surface area (Å²) in [6.45, 7) is 1.93. The van der Waals surface area contributed by atoms with E-state index in [9.17, 15) is 13.2 Å². The van der Waals surface area contributed by atoms with Gasteiger partial charge in [0.2, 0.25) is 0 Å². The number of benzene rings is 1. The van der Waals surface area contributed by atoms with Crippen molar-refractivity contribution in [1.82, 2.24) is 0 Å². The molecule has 1 rings (SSSR count). The molecule has 0 saturated heterocycles. The van der Waals surface area contributed by atoms with Gasteiger partial charge in [-0.15, -0.1) is 0 Å². The van der Waals surface area contributed by atoms with Crippen LogP contribution in [0.2, 0.25) is 0 Å². The van der Waals surface area contributed by atoms with Crippen LogP contribution in [-0.2, 0) is 6.18 Å². The first kappa shape index (κ1) is 10.3. The summed E-state index contributed by atoms with van der Waals surface area (Å²) < 4.78 is 36.7. The van der Waals surface area contributed by atoms with Gasteiger partial charge in [0, 0.05) is 10.2 Å². The lowest BCUT2D eigenvalue weighted by molar-refractivity contribution is -0.137. The van der Waals surface area contributed by atoms with Crippen LogP contribution in [0.25, 0.3) is 0 Å². The summed E-state index contributed by atoms with van der Waals surface area (Å²) in [6, 6.07) is 5.55. The molecule has 13 heavy (non-hydrogen) atoms. The fourth-order valence-electron chi connectivity index (χ4n) is 1.07. The Morgan fingerprint density at radius 3 is 2.38 bits per heavy atom. The van der Waals surface area contributed by atoms with Gasteiger partial charge in [0.15, 0.2) is 0 Å². The van der Waals surface area contributed by atoms with Gasteiger partial charge in [-0.1, -0.05) is 25.1 Å². The smallest absolute Gasteiger partial charge is 0.166 e. The number of rotatable bonds is 1. The van der Waals surface area contributed by atoms with Crippen LogP contribution in [0.15, 0.2) is 24.3 Å². The predicted octanol–water partition coefficient (Wildman–Crippen LogP) is 2.13. The first-order valence-corrected chi connectivity index (χ1v) is 5.24. The van der Waals surface area contributed by atoms with Crippen LogP contribution in [0.5, 0.6) is 0 Å². The molecule has 0 heterocycles. The Morgan fingerprint density at radius 2 is 1.92 bits per heavy atom. The number of alkyl halides is 3. The van der Waals surface area contributed by atoms with E-state index >= 15 is 0 Å². The van der Waals surface area contributed by atoms with Gasteiger partial charge in [0.25, 0.3) is 0 Å².